The minimum absolute atomic E-state index is 0.0654. The van der Waals surface area contributed by atoms with E-state index in [2.05, 4.69) is 55.0 Å². The van der Waals surface area contributed by atoms with Crippen LogP contribution in [0.4, 0.5) is 0 Å². The molecule has 176 valence electrons. The van der Waals surface area contributed by atoms with Crippen molar-refractivity contribution >= 4 is 0 Å². The Kier molecular flexibility index (Phi) is 4.82. The molecule has 0 unspecified atom stereocenters. The molecule has 5 aliphatic rings. The molecular formula is C30H50O. The van der Waals surface area contributed by atoms with E-state index < -0.39 is 0 Å². The van der Waals surface area contributed by atoms with Gasteiger partial charge in [0.15, 0.2) is 0 Å². The Morgan fingerprint density at radius 3 is 1.84 bits per heavy atom. The van der Waals surface area contributed by atoms with Gasteiger partial charge in [-0.25, -0.2) is 0 Å². The standard InChI is InChI=1S/C30H50O/c1-19(2)20-11-15-27(5)21(20)12-17-29(7)23(27)9-10-24-28(6)16-14-25(31)26(3,4)22(28)13-18-30(24,29)8/h20-25,31H,1,9-18H2,2-8H3/t20-,21+,22+,23-,24+,25+,27+,28+,29-,30-/m1/s1. The minimum atomic E-state index is -0.117. The zero-order valence-corrected chi connectivity index (χ0v) is 21.7. The molecule has 0 radical (unpaired) electrons. The first-order valence-electron chi connectivity index (χ1n) is 13.7. The van der Waals surface area contributed by atoms with E-state index in [0.29, 0.717) is 27.6 Å². The summed E-state index contributed by atoms with van der Waals surface area (Å²) in [6.45, 7) is 22.3. The summed E-state index contributed by atoms with van der Waals surface area (Å²) in [5.74, 6) is 4.03. The third-order valence-electron chi connectivity index (χ3n) is 13.6. The summed E-state index contributed by atoms with van der Waals surface area (Å²) >= 11 is 0. The molecule has 0 bridgehead atoms. The van der Waals surface area contributed by atoms with Crippen LogP contribution in [0.25, 0.3) is 0 Å². The summed E-state index contributed by atoms with van der Waals surface area (Å²) in [5.41, 5.74) is 3.36. The van der Waals surface area contributed by atoms with Gasteiger partial charge in [0, 0.05) is 0 Å². The molecule has 0 amide bonds. The van der Waals surface area contributed by atoms with Crippen LogP contribution in [0.15, 0.2) is 12.2 Å². The predicted molar refractivity (Wildman–Crippen MR) is 131 cm³/mol. The molecule has 5 saturated carbocycles. The third-order valence-corrected chi connectivity index (χ3v) is 13.6. The van der Waals surface area contributed by atoms with Crippen LogP contribution >= 0.6 is 0 Å². The summed E-state index contributed by atoms with van der Waals surface area (Å²) in [5, 5.41) is 10.9. The Bertz CT molecular complexity index is 766. The molecule has 1 nitrogen and oxygen atoms in total. The van der Waals surface area contributed by atoms with Crippen molar-refractivity contribution in [1.29, 1.82) is 0 Å². The topological polar surface area (TPSA) is 20.2 Å². The maximum Gasteiger partial charge on any atom is 0.0594 e. The summed E-state index contributed by atoms with van der Waals surface area (Å²) in [4.78, 5) is 0. The van der Waals surface area contributed by atoms with Crippen LogP contribution < -0.4 is 0 Å². The van der Waals surface area contributed by atoms with E-state index in [1.807, 2.05) is 0 Å². The summed E-state index contributed by atoms with van der Waals surface area (Å²) < 4.78 is 0. The van der Waals surface area contributed by atoms with Gasteiger partial charge in [-0.2, -0.15) is 0 Å². The number of hydrogen-bond acceptors (Lipinski definition) is 1. The molecule has 1 heteroatoms. The fraction of sp³-hybridized carbons (Fsp3) is 0.933. The average Bonchev–Trinajstić information content (AvgIpc) is 3.03. The van der Waals surface area contributed by atoms with Crippen molar-refractivity contribution in [3.05, 3.63) is 12.2 Å². The van der Waals surface area contributed by atoms with Gasteiger partial charge in [-0.1, -0.05) is 53.7 Å². The summed E-state index contributed by atoms with van der Waals surface area (Å²) in [7, 11) is 0. The Labute approximate surface area is 192 Å². The quantitative estimate of drug-likeness (QED) is 0.421. The van der Waals surface area contributed by atoms with Crippen molar-refractivity contribution in [3.8, 4) is 0 Å². The Morgan fingerprint density at radius 1 is 0.677 bits per heavy atom. The van der Waals surface area contributed by atoms with E-state index in [9.17, 15) is 5.11 Å². The second kappa shape index (κ2) is 6.64. The number of hydrogen-bond donors (Lipinski definition) is 1. The minimum Gasteiger partial charge on any atom is -0.393 e. The molecule has 1 N–H and O–H groups in total. The molecular weight excluding hydrogens is 376 g/mol. The highest BCUT2D eigenvalue weighted by atomic mass is 16.3. The van der Waals surface area contributed by atoms with Crippen molar-refractivity contribution in [3.63, 3.8) is 0 Å². The highest BCUT2D eigenvalue weighted by molar-refractivity contribution is 5.21. The van der Waals surface area contributed by atoms with Crippen LogP contribution in [-0.4, -0.2) is 11.2 Å². The van der Waals surface area contributed by atoms with Crippen LogP contribution in [0.3, 0.4) is 0 Å². The first kappa shape index (κ1) is 22.5. The molecule has 0 saturated heterocycles. The molecule has 10 atom stereocenters. The molecule has 0 aliphatic heterocycles. The normalized spacial score (nSPS) is 57.9. The van der Waals surface area contributed by atoms with E-state index in [4.69, 9.17) is 0 Å². The SMILES string of the molecule is C=C(C)[C@H]1CC[C@]2(C)[C@H]3CC[C@H]4[C@@]5(C)CC[C@H](O)C(C)(C)[C@@H]5CC[C@@]4(C)[C@]3(C)CC[C@@H]12. The number of aliphatic hydroxyl groups is 1. The van der Waals surface area contributed by atoms with Gasteiger partial charge >= 0.3 is 0 Å². The predicted octanol–water partition coefficient (Wildman–Crippen LogP) is 8.02. The average molecular weight is 427 g/mol. The first-order chi connectivity index (χ1) is 14.3. The smallest absolute Gasteiger partial charge is 0.0594 e. The van der Waals surface area contributed by atoms with Gasteiger partial charge in [0.1, 0.15) is 0 Å². The third kappa shape index (κ3) is 2.60. The van der Waals surface area contributed by atoms with Gasteiger partial charge in [0.25, 0.3) is 0 Å². The number of allylic oxidation sites excluding steroid dienone is 1. The van der Waals surface area contributed by atoms with E-state index in [1.165, 1.54) is 63.4 Å². The van der Waals surface area contributed by atoms with Gasteiger partial charge in [-0.3, -0.25) is 0 Å². The molecule has 0 aromatic rings. The Balaban J connectivity index is 1.52. The summed E-state index contributed by atoms with van der Waals surface area (Å²) in [6.07, 6.45) is 13.4. The molecule has 0 aromatic heterocycles. The monoisotopic (exact) mass is 426 g/mol. The van der Waals surface area contributed by atoms with Crippen molar-refractivity contribution < 1.29 is 5.11 Å². The molecule has 31 heavy (non-hydrogen) atoms. The van der Waals surface area contributed by atoms with E-state index in [-0.39, 0.29) is 11.5 Å². The molecule has 0 heterocycles. The lowest BCUT2D eigenvalue weighted by Crippen LogP contribution is -2.66. The van der Waals surface area contributed by atoms with Crippen LogP contribution in [0.2, 0.25) is 0 Å². The Hall–Kier alpha value is -0.300. The zero-order valence-electron chi connectivity index (χ0n) is 21.7. The molecule has 0 aromatic carbocycles. The van der Waals surface area contributed by atoms with Gasteiger partial charge in [0.05, 0.1) is 6.10 Å². The lowest BCUT2D eigenvalue weighted by Gasteiger charge is -2.73. The van der Waals surface area contributed by atoms with Crippen molar-refractivity contribution in [2.45, 2.75) is 119 Å². The second-order valence-corrected chi connectivity index (χ2v) is 14.6. The highest BCUT2D eigenvalue weighted by Crippen LogP contribution is 2.77. The molecule has 5 rings (SSSR count). The number of aliphatic hydroxyl groups excluding tert-OH is 1. The van der Waals surface area contributed by atoms with Crippen molar-refractivity contribution in [2.24, 2.45) is 56.7 Å². The molecule has 5 aliphatic carbocycles. The van der Waals surface area contributed by atoms with Gasteiger partial charge in [0.2, 0.25) is 0 Å². The second-order valence-electron chi connectivity index (χ2n) is 14.6. The van der Waals surface area contributed by atoms with E-state index in [1.54, 1.807) is 0 Å². The first-order valence-corrected chi connectivity index (χ1v) is 13.7. The largest absolute Gasteiger partial charge is 0.393 e. The van der Waals surface area contributed by atoms with Gasteiger partial charge in [-0.15, -0.1) is 0 Å². The maximum atomic E-state index is 10.9. The van der Waals surface area contributed by atoms with Crippen molar-refractivity contribution in [1.82, 2.24) is 0 Å². The maximum absolute atomic E-state index is 10.9. The fourth-order valence-corrected chi connectivity index (χ4v) is 11.8. The van der Waals surface area contributed by atoms with Crippen LogP contribution in [0, 0.1) is 56.7 Å². The zero-order chi connectivity index (χ0) is 22.6. The number of fused-ring (bicyclic) bond motifs is 7. The van der Waals surface area contributed by atoms with Crippen LogP contribution in [0.1, 0.15) is 113 Å². The van der Waals surface area contributed by atoms with Gasteiger partial charge < -0.3 is 5.11 Å². The fourth-order valence-electron chi connectivity index (χ4n) is 11.8. The lowest BCUT2D eigenvalue weighted by molar-refractivity contribution is -0.251. The molecule has 5 fully saturated rings. The van der Waals surface area contributed by atoms with Gasteiger partial charge in [-0.05, 0) is 128 Å². The number of rotatable bonds is 1. The van der Waals surface area contributed by atoms with E-state index >= 15 is 0 Å². The highest BCUT2D eigenvalue weighted by Gasteiger charge is 2.70. The lowest BCUT2D eigenvalue weighted by atomic mass is 9.32. The molecule has 0 spiro atoms. The van der Waals surface area contributed by atoms with Crippen LogP contribution in [0.5, 0.6) is 0 Å². The van der Waals surface area contributed by atoms with Crippen molar-refractivity contribution in [2.75, 3.05) is 0 Å². The summed E-state index contributed by atoms with van der Waals surface area (Å²) in [6, 6.07) is 0. The van der Waals surface area contributed by atoms with Crippen LogP contribution in [-0.2, 0) is 0 Å². The van der Waals surface area contributed by atoms with E-state index in [0.717, 1.165) is 30.1 Å². The Morgan fingerprint density at radius 2 is 1.23 bits per heavy atom.